The number of nitrogen functional groups attached to an aromatic ring is 2. The summed E-state index contributed by atoms with van der Waals surface area (Å²) in [5.74, 6) is 2.16. The van der Waals surface area contributed by atoms with E-state index in [1.165, 1.54) is 0 Å². The van der Waals surface area contributed by atoms with Crippen molar-refractivity contribution >= 4 is 11.8 Å². The molecule has 2 rings (SSSR count). The summed E-state index contributed by atoms with van der Waals surface area (Å²) in [4.78, 5) is 8.24. The molecular formula is C10H16N4. The Morgan fingerprint density at radius 3 is 2.43 bits per heavy atom. The molecule has 1 aromatic rings. The van der Waals surface area contributed by atoms with Gasteiger partial charge in [0.15, 0.2) is 0 Å². The molecule has 1 heterocycles. The first-order valence-corrected chi connectivity index (χ1v) is 4.98. The Hall–Kier alpha value is -1.32. The second-order valence-electron chi connectivity index (χ2n) is 4.26. The summed E-state index contributed by atoms with van der Waals surface area (Å²) in [6.45, 7) is 4.48. The number of hydrogen-bond acceptors (Lipinski definition) is 4. The van der Waals surface area contributed by atoms with Gasteiger partial charge in [-0.1, -0.05) is 13.8 Å². The Morgan fingerprint density at radius 1 is 1.07 bits per heavy atom. The van der Waals surface area contributed by atoms with Crippen LogP contribution in [0.25, 0.3) is 0 Å². The molecule has 0 unspecified atom stereocenters. The zero-order valence-electron chi connectivity index (χ0n) is 8.62. The van der Waals surface area contributed by atoms with Crippen molar-refractivity contribution in [2.24, 2.45) is 11.8 Å². The predicted molar refractivity (Wildman–Crippen MR) is 56.6 cm³/mol. The highest BCUT2D eigenvalue weighted by atomic mass is 15.0. The van der Waals surface area contributed by atoms with Gasteiger partial charge in [0.25, 0.3) is 0 Å². The topological polar surface area (TPSA) is 77.8 Å². The molecule has 1 aromatic heterocycles. The first kappa shape index (κ1) is 9.24. The number of aromatic nitrogens is 2. The van der Waals surface area contributed by atoms with Gasteiger partial charge in [-0.05, 0) is 24.7 Å². The molecule has 1 aliphatic rings. The maximum absolute atomic E-state index is 5.82. The molecule has 14 heavy (non-hydrogen) atoms. The van der Waals surface area contributed by atoms with Crippen LogP contribution in [0.4, 0.5) is 11.8 Å². The van der Waals surface area contributed by atoms with E-state index in [0.717, 1.165) is 24.1 Å². The zero-order valence-corrected chi connectivity index (χ0v) is 8.62. The summed E-state index contributed by atoms with van der Waals surface area (Å²) in [6.07, 6.45) is 1.94. The molecule has 0 amide bonds. The summed E-state index contributed by atoms with van der Waals surface area (Å²) < 4.78 is 0. The lowest BCUT2D eigenvalue weighted by molar-refractivity contribution is 0.356. The first-order chi connectivity index (χ1) is 6.58. The van der Waals surface area contributed by atoms with E-state index in [9.17, 15) is 0 Å². The van der Waals surface area contributed by atoms with Crippen molar-refractivity contribution in [2.75, 3.05) is 11.5 Å². The highest BCUT2D eigenvalue weighted by Gasteiger charge is 2.25. The van der Waals surface area contributed by atoms with Crippen LogP contribution in [-0.2, 0) is 12.8 Å². The molecule has 4 N–H and O–H groups in total. The Bertz CT molecular complexity index is 361. The predicted octanol–water partition coefficient (Wildman–Crippen LogP) is 1.01. The van der Waals surface area contributed by atoms with Crippen molar-refractivity contribution in [3.05, 3.63) is 11.3 Å². The van der Waals surface area contributed by atoms with E-state index in [1.807, 2.05) is 0 Å². The van der Waals surface area contributed by atoms with Gasteiger partial charge in [0, 0.05) is 5.56 Å². The quantitative estimate of drug-likeness (QED) is 0.643. The van der Waals surface area contributed by atoms with Crippen molar-refractivity contribution in [1.82, 2.24) is 9.97 Å². The minimum Gasteiger partial charge on any atom is -0.383 e. The molecule has 0 aromatic carbocycles. The molecule has 4 heteroatoms. The van der Waals surface area contributed by atoms with Gasteiger partial charge in [0.1, 0.15) is 5.82 Å². The molecule has 0 saturated carbocycles. The average molecular weight is 192 g/mol. The molecule has 0 bridgehead atoms. The molecule has 0 fully saturated rings. The van der Waals surface area contributed by atoms with Gasteiger partial charge in [0.05, 0.1) is 5.69 Å². The van der Waals surface area contributed by atoms with Crippen molar-refractivity contribution < 1.29 is 0 Å². The van der Waals surface area contributed by atoms with Crippen LogP contribution >= 0.6 is 0 Å². The van der Waals surface area contributed by atoms with Gasteiger partial charge >= 0.3 is 0 Å². The molecule has 1 aliphatic carbocycles. The van der Waals surface area contributed by atoms with E-state index in [0.29, 0.717) is 23.6 Å². The van der Waals surface area contributed by atoms with Crippen LogP contribution < -0.4 is 11.5 Å². The summed E-state index contributed by atoms with van der Waals surface area (Å²) >= 11 is 0. The molecule has 0 aliphatic heterocycles. The SMILES string of the molecule is C[C@H]1Cc2nc(N)nc(N)c2C[C@@H]1C. The van der Waals surface area contributed by atoms with Crippen molar-refractivity contribution in [1.29, 1.82) is 0 Å². The minimum absolute atomic E-state index is 0.294. The zero-order chi connectivity index (χ0) is 10.3. The van der Waals surface area contributed by atoms with Gasteiger partial charge in [-0.2, -0.15) is 4.98 Å². The maximum Gasteiger partial charge on any atom is 0.222 e. The summed E-state index contributed by atoms with van der Waals surface area (Å²) in [7, 11) is 0. The van der Waals surface area contributed by atoms with Crippen LogP contribution in [0.15, 0.2) is 0 Å². The number of hydrogen-bond donors (Lipinski definition) is 2. The summed E-state index contributed by atoms with van der Waals surface area (Å²) in [6, 6.07) is 0. The van der Waals surface area contributed by atoms with Crippen LogP contribution in [0.1, 0.15) is 25.1 Å². The third kappa shape index (κ3) is 1.41. The van der Waals surface area contributed by atoms with Crippen LogP contribution in [0.3, 0.4) is 0 Å². The van der Waals surface area contributed by atoms with E-state index in [1.54, 1.807) is 0 Å². The number of nitrogens with two attached hydrogens (primary N) is 2. The van der Waals surface area contributed by atoms with Crippen LogP contribution in [0.2, 0.25) is 0 Å². The fourth-order valence-corrected chi connectivity index (χ4v) is 1.99. The number of nitrogens with zero attached hydrogens (tertiary/aromatic N) is 2. The lowest BCUT2D eigenvalue weighted by atomic mass is 9.80. The largest absolute Gasteiger partial charge is 0.383 e. The van der Waals surface area contributed by atoms with E-state index in [4.69, 9.17) is 11.5 Å². The molecule has 0 saturated heterocycles. The molecule has 0 radical (unpaired) electrons. The van der Waals surface area contributed by atoms with Crippen molar-refractivity contribution in [3.63, 3.8) is 0 Å². The molecular weight excluding hydrogens is 176 g/mol. The highest BCUT2D eigenvalue weighted by Crippen LogP contribution is 2.31. The Labute approximate surface area is 83.7 Å². The van der Waals surface area contributed by atoms with E-state index < -0.39 is 0 Å². The van der Waals surface area contributed by atoms with E-state index >= 15 is 0 Å². The van der Waals surface area contributed by atoms with E-state index in [2.05, 4.69) is 23.8 Å². The fourth-order valence-electron chi connectivity index (χ4n) is 1.99. The lowest BCUT2D eigenvalue weighted by Gasteiger charge is -2.27. The maximum atomic E-state index is 5.82. The third-order valence-electron chi connectivity index (χ3n) is 3.15. The van der Waals surface area contributed by atoms with Crippen molar-refractivity contribution in [2.45, 2.75) is 26.7 Å². The first-order valence-electron chi connectivity index (χ1n) is 4.98. The smallest absolute Gasteiger partial charge is 0.222 e. The Morgan fingerprint density at radius 2 is 1.71 bits per heavy atom. The summed E-state index contributed by atoms with van der Waals surface area (Å²) in [5.41, 5.74) is 13.5. The van der Waals surface area contributed by atoms with Gasteiger partial charge in [-0.3, -0.25) is 0 Å². The fraction of sp³-hybridized carbons (Fsp3) is 0.600. The molecule has 4 nitrogen and oxygen atoms in total. The lowest BCUT2D eigenvalue weighted by Crippen LogP contribution is -2.24. The number of rotatable bonds is 0. The molecule has 2 atom stereocenters. The third-order valence-corrected chi connectivity index (χ3v) is 3.15. The Balaban J connectivity index is 2.46. The molecule has 0 spiro atoms. The second-order valence-corrected chi connectivity index (χ2v) is 4.26. The number of fused-ring (bicyclic) bond motifs is 1. The Kier molecular flexibility index (Phi) is 2.06. The number of anilines is 2. The van der Waals surface area contributed by atoms with Crippen LogP contribution in [0, 0.1) is 11.8 Å². The second kappa shape index (κ2) is 3.12. The van der Waals surface area contributed by atoms with Gasteiger partial charge in [0.2, 0.25) is 5.95 Å². The van der Waals surface area contributed by atoms with Crippen LogP contribution in [0.5, 0.6) is 0 Å². The molecule has 76 valence electrons. The monoisotopic (exact) mass is 192 g/mol. The van der Waals surface area contributed by atoms with Crippen molar-refractivity contribution in [3.8, 4) is 0 Å². The minimum atomic E-state index is 0.294. The van der Waals surface area contributed by atoms with E-state index in [-0.39, 0.29) is 0 Å². The average Bonchev–Trinajstić information content (AvgIpc) is 2.08. The van der Waals surface area contributed by atoms with Gasteiger partial charge in [-0.25, -0.2) is 4.98 Å². The standard InChI is InChI=1S/C10H16N4/c1-5-3-7-8(4-6(5)2)13-10(12)14-9(7)11/h5-6H,3-4H2,1-2H3,(H4,11,12,13,14)/t5-,6-/m0/s1. The van der Waals surface area contributed by atoms with Crippen LogP contribution in [-0.4, -0.2) is 9.97 Å². The highest BCUT2D eigenvalue weighted by molar-refractivity contribution is 5.47. The van der Waals surface area contributed by atoms with Gasteiger partial charge in [-0.15, -0.1) is 0 Å². The normalized spacial score (nSPS) is 25.9. The summed E-state index contributed by atoms with van der Waals surface area (Å²) in [5, 5.41) is 0. The van der Waals surface area contributed by atoms with Gasteiger partial charge < -0.3 is 11.5 Å².